The zero-order valence-corrected chi connectivity index (χ0v) is 18.6. The minimum Gasteiger partial charge on any atom is -0.497 e. The second kappa shape index (κ2) is 9.43. The van der Waals surface area contributed by atoms with Crippen LogP contribution in [0.5, 0.6) is 23.0 Å². The second-order valence-electron chi connectivity index (χ2n) is 6.87. The van der Waals surface area contributed by atoms with Crippen LogP contribution in [0.25, 0.3) is 22.6 Å². The Labute approximate surface area is 189 Å². The van der Waals surface area contributed by atoms with E-state index in [1.165, 1.54) is 32.1 Å². The lowest BCUT2D eigenvalue weighted by Gasteiger charge is -2.12. The van der Waals surface area contributed by atoms with Crippen LogP contribution < -0.4 is 24.5 Å². The molecule has 2 aromatic carbocycles. The average Bonchev–Trinajstić information content (AvgIpc) is 3.33. The van der Waals surface area contributed by atoms with Crippen molar-refractivity contribution in [2.45, 2.75) is 6.54 Å². The monoisotopic (exact) mass is 450 g/mol. The van der Waals surface area contributed by atoms with E-state index in [1.807, 2.05) is 24.3 Å². The van der Waals surface area contributed by atoms with Gasteiger partial charge in [0.1, 0.15) is 12.3 Å². The van der Waals surface area contributed by atoms with Crippen LogP contribution in [0.15, 0.2) is 57.8 Å². The number of aromatic nitrogens is 4. The lowest BCUT2D eigenvalue weighted by Crippen LogP contribution is -2.23. The molecule has 0 aliphatic carbocycles. The maximum atomic E-state index is 12.4. The molecule has 2 aromatic heterocycles. The first-order valence-corrected chi connectivity index (χ1v) is 9.91. The van der Waals surface area contributed by atoms with Crippen molar-refractivity contribution in [3.63, 3.8) is 0 Å². The quantitative estimate of drug-likeness (QED) is 0.400. The van der Waals surface area contributed by atoms with E-state index in [0.717, 1.165) is 5.56 Å². The molecule has 0 spiro atoms. The molecule has 0 saturated carbocycles. The number of nitrogens with zero attached hydrogens (tertiary/aromatic N) is 4. The molecular formula is C23H22N4O6. The van der Waals surface area contributed by atoms with Gasteiger partial charge in [0.15, 0.2) is 11.5 Å². The van der Waals surface area contributed by atoms with Crippen LogP contribution in [0.1, 0.15) is 5.89 Å². The van der Waals surface area contributed by atoms with Crippen molar-refractivity contribution in [2.24, 2.45) is 0 Å². The Bertz CT molecular complexity index is 1310. The highest BCUT2D eigenvalue weighted by Gasteiger charge is 2.18. The minimum absolute atomic E-state index is 0.00800. The van der Waals surface area contributed by atoms with Crippen LogP contribution in [0, 0.1) is 0 Å². The van der Waals surface area contributed by atoms with Crippen molar-refractivity contribution in [3.8, 4) is 45.6 Å². The van der Waals surface area contributed by atoms with Gasteiger partial charge in [0, 0.05) is 17.2 Å². The van der Waals surface area contributed by atoms with Crippen LogP contribution in [-0.2, 0) is 6.54 Å². The number of rotatable bonds is 8. The van der Waals surface area contributed by atoms with E-state index >= 15 is 0 Å². The molecule has 2 heterocycles. The molecule has 4 aromatic rings. The Morgan fingerprint density at radius 3 is 2.30 bits per heavy atom. The Morgan fingerprint density at radius 2 is 1.64 bits per heavy atom. The summed E-state index contributed by atoms with van der Waals surface area (Å²) in [5, 5.41) is 8.46. The third-order valence-electron chi connectivity index (χ3n) is 4.91. The maximum absolute atomic E-state index is 12.4. The predicted molar refractivity (Wildman–Crippen MR) is 119 cm³/mol. The smallest absolute Gasteiger partial charge is 0.267 e. The summed E-state index contributed by atoms with van der Waals surface area (Å²) in [7, 11) is 6.16. The fourth-order valence-corrected chi connectivity index (χ4v) is 3.27. The zero-order chi connectivity index (χ0) is 23.4. The third-order valence-corrected chi connectivity index (χ3v) is 4.91. The maximum Gasteiger partial charge on any atom is 0.267 e. The van der Waals surface area contributed by atoms with E-state index < -0.39 is 0 Å². The highest BCUT2D eigenvalue weighted by Crippen LogP contribution is 2.40. The normalized spacial score (nSPS) is 10.7. The molecule has 0 aliphatic heterocycles. The van der Waals surface area contributed by atoms with Gasteiger partial charge in [0.05, 0.1) is 34.1 Å². The summed E-state index contributed by atoms with van der Waals surface area (Å²) < 4.78 is 28.0. The Kier molecular flexibility index (Phi) is 6.25. The fourth-order valence-electron chi connectivity index (χ4n) is 3.27. The summed E-state index contributed by atoms with van der Waals surface area (Å²) in [5.41, 5.74) is 1.73. The molecule has 0 amide bonds. The van der Waals surface area contributed by atoms with E-state index in [9.17, 15) is 4.79 Å². The minimum atomic E-state index is -0.297. The molecular weight excluding hydrogens is 428 g/mol. The van der Waals surface area contributed by atoms with Gasteiger partial charge in [-0.25, -0.2) is 4.68 Å². The van der Waals surface area contributed by atoms with Gasteiger partial charge in [-0.2, -0.15) is 10.1 Å². The molecule has 0 N–H and O–H groups in total. The summed E-state index contributed by atoms with van der Waals surface area (Å²) >= 11 is 0. The van der Waals surface area contributed by atoms with Gasteiger partial charge in [0.2, 0.25) is 17.5 Å². The van der Waals surface area contributed by atoms with Crippen molar-refractivity contribution < 1.29 is 23.5 Å². The summed E-state index contributed by atoms with van der Waals surface area (Å²) in [6.07, 6.45) is 0. The van der Waals surface area contributed by atoms with E-state index in [4.69, 9.17) is 23.5 Å². The Morgan fingerprint density at radius 1 is 0.879 bits per heavy atom. The highest BCUT2D eigenvalue weighted by atomic mass is 16.5. The molecule has 0 aliphatic rings. The van der Waals surface area contributed by atoms with Gasteiger partial charge in [-0.15, -0.1) is 0 Å². The summed E-state index contributed by atoms with van der Waals surface area (Å²) in [4.78, 5) is 16.8. The van der Waals surface area contributed by atoms with Gasteiger partial charge in [-0.3, -0.25) is 4.79 Å². The predicted octanol–water partition coefficient (Wildman–Crippen LogP) is 3.04. The van der Waals surface area contributed by atoms with E-state index in [-0.39, 0.29) is 18.0 Å². The van der Waals surface area contributed by atoms with Crippen molar-refractivity contribution in [1.82, 2.24) is 19.9 Å². The van der Waals surface area contributed by atoms with Crippen molar-refractivity contribution in [3.05, 3.63) is 64.8 Å². The van der Waals surface area contributed by atoms with Crippen molar-refractivity contribution in [2.75, 3.05) is 28.4 Å². The molecule has 0 saturated heterocycles. The van der Waals surface area contributed by atoms with Gasteiger partial charge in [-0.1, -0.05) is 17.3 Å². The third kappa shape index (κ3) is 4.49. The molecule has 10 heteroatoms. The number of benzene rings is 2. The average molecular weight is 450 g/mol. The first-order chi connectivity index (χ1) is 16.1. The number of hydrogen-bond donors (Lipinski definition) is 0. The van der Waals surface area contributed by atoms with Crippen LogP contribution in [0.4, 0.5) is 0 Å². The second-order valence-corrected chi connectivity index (χ2v) is 6.87. The van der Waals surface area contributed by atoms with E-state index in [1.54, 1.807) is 25.3 Å². The molecule has 170 valence electrons. The van der Waals surface area contributed by atoms with Gasteiger partial charge in [0.25, 0.3) is 5.56 Å². The summed E-state index contributed by atoms with van der Waals surface area (Å²) in [6, 6.07) is 13.9. The van der Waals surface area contributed by atoms with Crippen LogP contribution in [0.2, 0.25) is 0 Å². The van der Waals surface area contributed by atoms with Gasteiger partial charge >= 0.3 is 0 Å². The molecule has 0 fully saturated rings. The lowest BCUT2D eigenvalue weighted by molar-refractivity contribution is 0.324. The zero-order valence-electron chi connectivity index (χ0n) is 18.6. The van der Waals surface area contributed by atoms with E-state index in [2.05, 4.69) is 15.2 Å². The fraction of sp³-hybridized carbons (Fsp3) is 0.217. The van der Waals surface area contributed by atoms with Crippen molar-refractivity contribution in [1.29, 1.82) is 0 Å². The topological polar surface area (TPSA) is 111 Å². The molecule has 4 rings (SSSR count). The van der Waals surface area contributed by atoms with Gasteiger partial charge in [-0.05, 0) is 30.3 Å². The highest BCUT2D eigenvalue weighted by molar-refractivity contribution is 5.66. The number of ether oxygens (including phenoxy) is 4. The largest absolute Gasteiger partial charge is 0.497 e. The van der Waals surface area contributed by atoms with Gasteiger partial charge < -0.3 is 23.5 Å². The number of methoxy groups -OCH3 is 4. The first-order valence-electron chi connectivity index (χ1n) is 9.91. The molecule has 0 atom stereocenters. The molecule has 10 nitrogen and oxygen atoms in total. The molecule has 0 bridgehead atoms. The van der Waals surface area contributed by atoms with E-state index in [0.29, 0.717) is 40.1 Å². The number of hydrogen-bond acceptors (Lipinski definition) is 9. The summed E-state index contributed by atoms with van der Waals surface area (Å²) in [6.45, 7) is 0.00800. The Hall–Kier alpha value is -4.34. The SMILES string of the molecule is COc1cccc(-c2ccc(=O)n(Cc3nc(-c4cc(OC)c(OC)c(OC)c4)no3)n2)c1. The molecule has 33 heavy (non-hydrogen) atoms. The Balaban J connectivity index is 1.64. The standard InChI is InChI=1S/C23H22N4O6/c1-29-16-7-5-6-14(10-16)17-8-9-21(28)27(25-17)13-20-24-23(26-33-20)15-11-18(30-2)22(32-4)19(12-15)31-3/h5-12H,13H2,1-4H3. The van der Waals surface area contributed by atoms with Crippen molar-refractivity contribution >= 4 is 0 Å². The van der Waals surface area contributed by atoms with Crippen LogP contribution in [0.3, 0.4) is 0 Å². The summed E-state index contributed by atoms with van der Waals surface area (Å²) in [5.74, 6) is 2.60. The molecule has 0 radical (unpaired) electrons. The van der Waals surface area contributed by atoms with Crippen LogP contribution in [-0.4, -0.2) is 48.4 Å². The first kappa shape index (κ1) is 21.9. The molecule has 0 unspecified atom stereocenters. The van der Waals surface area contributed by atoms with Crippen LogP contribution >= 0.6 is 0 Å². The lowest BCUT2D eigenvalue weighted by atomic mass is 10.1.